The smallest absolute Gasteiger partial charge is 0.231 e. The molecule has 5 rings (SSSR count). The van der Waals surface area contributed by atoms with Gasteiger partial charge in [-0.3, -0.25) is 4.40 Å². The molecule has 2 aromatic carbocycles. The van der Waals surface area contributed by atoms with Crippen LogP contribution in [0.3, 0.4) is 0 Å². The third kappa shape index (κ3) is 3.13. The predicted octanol–water partition coefficient (Wildman–Crippen LogP) is 4.50. The minimum absolute atomic E-state index is 0.0565. The Morgan fingerprint density at radius 2 is 1.74 bits per heavy atom. The van der Waals surface area contributed by atoms with Crippen molar-refractivity contribution < 1.29 is 24.1 Å². The lowest BCUT2D eigenvalue weighted by Crippen LogP contribution is -2.00. The zero-order chi connectivity index (χ0) is 21.5. The summed E-state index contributed by atoms with van der Waals surface area (Å²) >= 11 is 0. The fourth-order valence-corrected chi connectivity index (χ4v) is 3.71. The predicted molar refractivity (Wildman–Crippen MR) is 116 cm³/mol. The highest BCUT2D eigenvalue weighted by molar-refractivity contribution is 5.82. The van der Waals surface area contributed by atoms with Gasteiger partial charge >= 0.3 is 0 Å². The molecule has 0 unspecified atom stereocenters. The first-order valence-corrected chi connectivity index (χ1v) is 9.69. The quantitative estimate of drug-likeness (QED) is 0.492. The van der Waals surface area contributed by atoms with E-state index in [0.29, 0.717) is 28.7 Å². The molecular formula is C23H21N3O5. The number of ether oxygens (including phenoxy) is 4. The molecule has 0 saturated carbocycles. The van der Waals surface area contributed by atoms with E-state index in [1.54, 1.807) is 12.1 Å². The molecule has 2 N–H and O–H groups in total. The van der Waals surface area contributed by atoms with Gasteiger partial charge in [-0.15, -0.1) is 0 Å². The van der Waals surface area contributed by atoms with Crippen LogP contribution in [0.2, 0.25) is 0 Å². The van der Waals surface area contributed by atoms with Gasteiger partial charge in [-0.2, -0.15) is 0 Å². The van der Waals surface area contributed by atoms with E-state index in [4.69, 9.17) is 23.9 Å². The molecule has 158 valence electrons. The molecule has 0 bridgehead atoms. The standard InChI is InChI=1S/C23H21N3O5/c1-13-5-4-6-20-25-21(14-9-18(28-2)22(27)19(10-14)29-3)23(26(13)20)24-15-7-8-16-17(11-15)31-12-30-16/h4-11,24,27H,12H2,1-3H3. The first-order valence-electron chi connectivity index (χ1n) is 9.69. The lowest BCUT2D eigenvalue weighted by atomic mass is 10.1. The number of aromatic nitrogens is 2. The summed E-state index contributed by atoms with van der Waals surface area (Å²) in [4.78, 5) is 4.84. The van der Waals surface area contributed by atoms with Crippen molar-refractivity contribution in [1.82, 2.24) is 9.38 Å². The molecule has 0 aliphatic carbocycles. The van der Waals surface area contributed by atoms with E-state index < -0.39 is 0 Å². The van der Waals surface area contributed by atoms with E-state index in [0.717, 1.165) is 28.4 Å². The maximum absolute atomic E-state index is 10.3. The Bertz CT molecular complexity index is 1270. The number of hydrogen-bond donors (Lipinski definition) is 2. The number of nitrogens with one attached hydrogen (secondary N) is 1. The highest BCUT2D eigenvalue weighted by Crippen LogP contribution is 2.43. The number of anilines is 2. The van der Waals surface area contributed by atoms with Crippen molar-refractivity contribution in [2.24, 2.45) is 0 Å². The summed E-state index contributed by atoms with van der Waals surface area (Å²) < 4.78 is 23.6. The van der Waals surface area contributed by atoms with E-state index in [9.17, 15) is 5.11 Å². The van der Waals surface area contributed by atoms with Crippen LogP contribution in [0.5, 0.6) is 28.7 Å². The SMILES string of the molecule is COc1cc(-c2nc3cccc(C)n3c2Nc2ccc3c(c2)OCO3)cc(OC)c1O. The third-order valence-corrected chi connectivity index (χ3v) is 5.23. The van der Waals surface area contributed by atoms with E-state index in [2.05, 4.69) is 5.32 Å². The van der Waals surface area contributed by atoms with Gasteiger partial charge in [-0.05, 0) is 43.3 Å². The number of aromatic hydroxyl groups is 1. The molecule has 0 spiro atoms. The summed E-state index contributed by atoms with van der Waals surface area (Å²) in [5.41, 5.74) is 4.04. The Hall–Kier alpha value is -4.07. The fourth-order valence-electron chi connectivity index (χ4n) is 3.71. The first-order chi connectivity index (χ1) is 15.1. The Labute approximate surface area is 178 Å². The second-order valence-electron chi connectivity index (χ2n) is 7.09. The van der Waals surface area contributed by atoms with Crippen LogP contribution in [-0.4, -0.2) is 35.5 Å². The Morgan fingerprint density at radius 1 is 1.00 bits per heavy atom. The van der Waals surface area contributed by atoms with E-state index >= 15 is 0 Å². The van der Waals surface area contributed by atoms with Crippen LogP contribution in [0.15, 0.2) is 48.5 Å². The van der Waals surface area contributed by atoms with Gasteiger partial charge in [0.15, 0.2) is 23.0 Å². The number of nitrogens with zero attached hydrogens (tertiary/aromatic N) is 2. The molecule has 1 aliphatic rings. The summed E-state index contributed by atoms with van der Waals surface area (Å²) in [5, 5.41) is 13.8. The first kappa shape index (κ1) is 18.9. The largest absolute Gasteiger partial charge is 0.502 e. The van der Waals surface area contributed by atoms with Crippen molar-refractivity contribution in [1.29, 1.82) is 0 Å². The molecule has 8 heteroatoms. The average molecular weight is 419 g/mol. The van der Waals surface area contributed by atoms with Crippen LogP contribution in [0.1, 0.15) is 5.69 Å². The Kier molecular flexibility index (Phi) is 4.47. The number of aryl methyl sites for hydroxylation is 1. The van der Waals surface area contributed by atoms with Crippen molar-refractivity contribution >= 4 is 17.2 Å². The van der Waals surface area contributed by atoms with Crippen molar-refractivity contribution in [2.45, 2.75) is 6.92 Å². The maximum atomic E-state index is 10.3. The zero-order valence-electron chi connectivity index (χ0n) is 17.3. The van der Waals surface area contributed by atoms with Gasteiger partial charge < -0.3 is 29.4 Å². The second kappa shape index (κ2) is 7.32. The molecule has 0 radical (unpaired) electrons. The molecule has 8 nitrogen and oxygen atoms in total. The van der Waals surface area contributed by atoms with Gasteiger partial charge in [-0.1, -0.05) is 6.07 Å². The highest BCUT2D eigenvalue weighted by Gasteiger charge is 2.21. The summed E-state index contributed by atoms with van der Waals surface area (Å²) in [6.07, 6.45) is 0. The van der Waals surface area contributed by atoms with Gasteiger partial charge in [-0.25, -0.2) is 4.98 Å². The lowest BCUT2D eigenvalue weighted by Gasteiger charge is -2.13. The van der Waals surface area contributed by atoms with E-state index in [1.807, 2.05) is 47.7 Å². The van der Waals surface area contributed by atoms with Crippen molar-refractivity contribution in [3.8, 4) is 40.0 Å². The van der Waals surface area contributed by atoms with Gasteiger partial charge in [0, 0.05) is 23.0 Å². The molecule has 4 aromatic rings. The third-order valence-electron chi connectivity index (χ3n) is 5.23. The molecule has 0 fully saturated rings. The summed E-state index contributed by atoms with van der Waals surface area (Å²) in [5.74, 6) is 2.72. The van der Waals surface area contributed by atoms with Gasteiger partial charge in [0.1, 0.15) is 17.2 Å². The van der Waals surface area contributed by atoms with Gasteiger partial charge in [0.25, 0.3) is 0 Å². The second-order valence-corrected chi connectivity index (χ2v) is 7.09. The number of pyridine rings is 1. The summed E-state index contributed by atoms with van der Waals surface area (Å²) in [6, 6.07) is 15.1. The molecule has 3 heterocycles. The molecule has 0 atom stereocenters. The Morgan fingerprint density at radius 3 is 2.48 bits per heavy atom. The molecule has 1 aliphatic heterocycles. The zero-order valence-corrected chi connectivity index (χ0v) is 17.3. The van der Waals surface area contributed by atoms with E-state index in [1.165, 1.54) is 14.2 Å². The molecule has 31 heavy (non-hydrogen) atoms. The van der Waals surface area contributed by atoms with Crippen LogP contribution in [0, 0.1) is 6.92 Å². The molecule has 0 amide bonds. The normalized spacial score (nSPS) is 12.2. The lowest BCUT2D eigenvalue weighted by molar-refractivity contribution is 0.174. The van der Waals surface area contributed by atoms with Crippen molar-refractivity contribution in [3.63, 3.8) is 0 Å². The maximum Gasteiger partial charge on any atom is 0.231 e. The topological polar surface area (TPSA) is 86.5 Å². The highest BCUT2D eigenvalue weighted by atomic mass is 16.7. The number of phenols is 1. The van der Waals surface area contributed by atoms with Crippen LogP contribution in [0.25, 0.3) is 16.9 Å². The van der Waals surface area contributed by atoms with Crippen molar-refractivity contribution in [2.75, 3.05) is 26.3 Å². The van der Waals surface area contributed by atoms with Crippen LogP contribution in [-0.2, 0) is 0 Å². The number of phenolic OH excluding ortho intramolecular Hbond substituents is 1. The van der Waals surface area contributed by atoms with Crippen molar-refractivity contribution in [3.05, 3.63) is 54.2 Å². The minimum atomic E-state index is -0.0565. The average Bonchev–Trinajstić information content (AvgIpc) is 3.39. The monoisotopic (exact) mass is 419 g/mol. The minimum Gasteiger partial charge on any atom is -0.502 e. The summed E-state index contributed by atoms with van der Waals surface area (Å²) in [7, 11) is 3.00. The number of hydrogen-bond acceptors (Lipinski definition) is 7. The number of fused-ring (bicyclic) bond motifs is 2. The Balaban J connectivity index is 1.70. The number of imidazole rings is 1. The van der Waals surface area contributed by atoms with Crippen LogP contribution in [0.4, 0.5) is 11.5 Å². The number of rotatable bonds is 5. The molecule has 0 saturated heterocycles. The van der Waals surface area contributed by atoms with Crippen LogP contribution < -0.4 is 24.3 Å². The fraction of sp³-hybridized carbons (Fsp3) is 0.174. The number of methoxy groups -OCH3 is 2. The van der Waals surface area contributed by atoms with Gasteiger partial charge in [0.2, 0.25) is 12.5 Å². The molecule has 2 aromatic heterocycles. The van der Waals surface area contributed by atoms with E-state index in [-0.39, 0.29) is 12.5 Å². The number of benzene rings is 2. The van der Waals surface area contributed by atoms with Crippen LogP contribution >= 0.6 is 0 Å². The molecular weight excluding hydrogens is 398 g/mol. The summed E-state index contributed by atoms with van der Waals surface area (Å²) in [6.45, 7) is 2.23. The van der Waals surface area contributed by atoms with Gasteiger partial charge in [0.05, 0.1) is 14.2 Å².